The molecule has 0 spiro atoms. The molecule has 0 atom stereocenters. The molecule has 2 aromatic heterocycles. The maximum Gasteiger partial charge on any atom is 0.312 e. The first-order valence-corrected chi connectivity index (χ1v) is 23.2. The van der Waals surface area contributed by atoms with E-state index in [0.29, 0.717) is 26.3 Å². The van der Waals surface area contributed by atoms with Gasteiger partial charge in [0.15, 0.2) is 0 Å². The van der Waals surface area contributed by atoms with E-state index in [2.05, 4.69) is 64.8 Å². The smallest absolute Gasteiger partial charge is 0.312 e. The lowest BCUT2D eigenvalue weighted by Gasteiger charge is -2.40. The fraction of sp³-hybridized carbons (Fsp3) is 0.480. The minimum absolute atomic E-state index is 0.0126. The Kier molecular flexibility index (Phi) is 16.4. The van der Waals surface area contributed by atoms with Crippen molar-refractivity contribution in [1.82, 2.24) is 19.4 Å². The van der Waals surface area contributed by atoms with Gasteiger partial charge in [-0.3, -0.25) is 19.2 Å². The number of pyridine rings is 2. The summed E-state index contributed by atoms with van der Waals surface area (Å²) in [6.45, 7) is 14.4. The van der Waals surface area contributed by atoms with E-state index in [-0.39, 0.29) is 23.1 Å². The van der Waals surface area contributed by atoms with Gasteiger partial charge >= 0.3 is 11.9 Å². The third kappa shape index (κ3) is 11.8. The molecule has 3 aromatic carbocycles. The Balaban J connectivity index is 0.000000213. The van der Waals surface area contributed by atoms with Gasteiger partial charge in [-0.25, -0.2) is 0 Å². The first-order valence-electron chi connectivity index (χ1n) is 22.2. The van der Waals surface area contributed by atoms with Gasteiger partial charge in [-0.2, -0.15) is 0 Å². The minimum Gasteiger partial charge on any atom is -0.466 e. The minimum atomic E-state index is -0.455. The fourth-order valence-corrected chi connectivity index (χ4v) is 9.94. The Morgan fingerprint density at radius 2 is 1.11 bits per heavy atom. The Morgan fingerprint density at radius 1 is 0.639 bits per heavy atom. The van der Waals surface area contributed by atoms with Crippen molar-refractivity contribution < 1.29 is 19.1 Å². The predicted molar refractivity (Wildman–Crippen MR) is 247 cm³/mol. The van der Waals surface area contributed by atoms with E-state index in [1.54, 1.807) is 12.1 Å². The van der Waals surface area contributed by atoms with Crippen LogP contribution in [0.25, 0.3) is 21.8 Å². The summed E-state index contributed by atoms with van der Waals surface area (Å²) in [4.78, 5) is 54.5. The summed E-state index contributed by atoms with van der Waals surface area (Å²) >= 11 is 1.88. The van der Waals surface area contributed by atoms with Crippen molar-refractivity contribution in [1.29, 1.82) is 0 Å². The van der Waals surface area contributed by atoms with E-state index in [1.807, 2.05) is 72.9 Å². The van der Waals surface area contributed by atoms with Crippen LogP contribution in [0, 0.1) is 24.7 Å². The van der Waals surface area contributed by atoms with Crippen LogP contribution in [0.4, 0.5) is 0 Å². The largest absolute Gasteiger partial charge is 0.466 e. The van der Waals surface area contributed by atoms with E-state index in [0.717, 1.165) is 123 Å². The van der Waals surface area contributed by atoms with Crippen LogP contribution < -0.4 is 16.4 Å². The highest BCUT2D eigenvalue weighted by Crippen LogP contribution is 2.39. The Morgan fingerprint density at radius 3 is 1.61 bits per heavy atom. The fourth-order valence-electron chi connectivity index (χ4n) is 9.01. The number of ether oxygens (including phenoxy) is 2. The molecule has 4 heterocycles. The van der Waals surface area contributed by atoms with E-state index in [9.17, 15) is 19.2 Å². The molecule has 0 aliphatic carbocycles. The Bertz CT molecular complexity index is 2340. The number of carbonyl (C=O) groups excluding carboxylic acids is 2. The molecule has 61 heavy (non-hydrogen) atoms. The molecule has 0 radical (unpaired) electrons. The molecular formula is C50H64N4O6S. The van der Waals surface area contributed by atoms with Crippen molar-refractivity contribution in [3.05, 3.63) is 123 Å². The quantitative estimate of drug-likeness (QED) is 0.0772. The lowest BCUT2D eigenvalue weighted by atomic mass is 9.74. The summed E-state index contributed by atoms with van der Waals surface area (Å²) in [5.41, 5.74) is 3.36. The van der Waals surface area contributed by atoms with Gasteiger partial charge in [0.05, 0.1) is 35.1 Å². The highest BCUT2D eigenvalue weighted by Gasteiger charge is 2.42. The molecule has 5 aromatic rings. The maximum atomic E-state index is 13.1. The number of nitrogens with one attached hydrogen (secondary N) is 1. The van der Waals surface area contributed by atoms with E-state index < -0.39 is 10.8 Å². The van der Waals surface area contributed by atoms with E-state index in [4.69, 9.17) is 9.47 Å². The van der Waals surface area contributed by atoms with Gasteiger partial charge in [0.25, 0.3) is 11.1 Å². The molecule has 0 unspecified atom stereocenters. The molecule has 2 saturated heterocycles. The average molecular weight is 849 g/mol. The number of likely N-dealkylation sites (tertiary alicyclic amines) is 1. The average Bonchev–Trinajstić information content (AvgIpc) is 3.27. The number of thioether (sulfide) groups is 1. The maximum absolute atomic E-state index is 13.1. The van der Waals surface area contributed by atoms with Crippen LogP contribution in [0.5, 0.6) is 0 Å². The normalized spacial score (nSPS) is 16.1. The van der Waals surface area contributed by atoms with Crippen LogP contribution in [-0.4, -0.2) is 77.7 Å². The zero-order valence-electron chi connectivity index (χ0n) is 36.6. The van der Waals surface area contributed by atoms with Gasteiger partial charge in [0, 0.05) is 42.4 Å². The standard InChI is InChI=1S/C29H36N2O3S.C21H28N2O3/c1-3-34-28(33)29(15-18-30(19-16-29)20-21-35-25-8-5-4-6-9-25)14-7-17-31-26-22-23(2)10-11-24(26)12-13-27(31)32;1-3-26-20(25)21(10-12-22-13-11-21)9-4-14-23-18-15-16(2)5-6-17(18)7-8-19(23)24/h4-6,8-13,22H,3,7,14-21H2,1-2H3;5-8,15,22H,3-4,9-14H2,1-2H3. The lowest BCUT2D eigenvalue weighted by molar-refractivity contribution is -0.159. The molecule has 2 aliphatic rings. The van der Waals surface area contributed by atoms with Crippen LogP contribution in [0.3, 0.4) is 0 Å². The second kappa shape index (κ2) is 21.9. The Hall–Kier alpha value is -4.71. The van der Waals surface area contributed by atoms with Crippen LogP contribution >= 0.6 is 11.8 Å². The van der Waals surface area contributed by atoms with Crippen molar-refractivity contribution in [2.75, 3.05) is 51.7 Å². The van der Waals surface area contributed by atoms with Crippen molar-refractivity contribution in [2.24, 2.45) is 10.8 Å². The number of fused-ring (bicyclic) bond motifs is 2. The summed E-state index contributed by atoms with van der Waals surface area (Å²) < 4.78 is 14.6. The summed E-state index contributed by atoms with van der Waals surface area (Å²) in [5.74, 6) is 0.891. The van der Waals surface area contributed by atoms with Gasteiger partial charge < -0.3 is 28.8 Å². The monoisotopic (exact) mass is 848 g/mol. The first-order chi connectivity index (χ1) is 29.6. The van der Waals surface area contributed by atoms with Crippen molar-refractivity contribution in [3.63, 3.8) is 0 Å². The molecule has 2 aliphatic heterocycles. The molecule has 0 saturated carbocycles. The highest BCUT2D eigenvalue weighted by atomic mass is 32.2. The number of benzene rings is 3. The number of rotatable bonds is 16. The second-order valence-electron chi connectivity index (χ2n) is 16.7. The zero-order chi connectivity index (χ0) is 43.2. The molecule has 1 N–H and O–H groups in total. The molecule has 11 heteroatoms. The summed E-state index contributed by atoms with van der Waals surface area (Å²) in [5, 5.41) is 5.45. The van der Waals surface area contributed by atoms with Crippen LogP contribution in [0.2, 0.25) is 0 Å². The number of nitrogens with zero attached hydrogens (tertiary/aromatic N) is 3. The SMILES string of the molecule is CCOC(=O)C1(CCCn2c(=O)ccc3ccc(C)cc32)CCN(CCSc2ccccc2)CC1.CCOC(=O)C1(CCCn2c(=O)ccc3ccc(C)cc32)CCNCC1. The molecule has 0 amide bonds. The van der Waals surface area contributed by atoms with Gasteiger partial charge in [0.2, 0.25) is 0 Å². The molecular weight excluding hydrogens is 785 g/mol. The summed E-state index contributed by atoms with van der Waals surface area (Å²) in [6, 6.07) is 29.9. The third-order valence-corrected chi connectivity index (χ3v) is 13.6. The van der Waals surface area contributed by atoms with Crippen LogP contribution in [0.15, 0.2) is 105 Å². The van der Waals surface area contributed by atoms with Gasteiger partial charge in [-0.1, -0.05) is 42.5 Å². The molecule has 326 valence electrons. The molecule has 7 rings (SSSR count). The van der Waals surface area contributed by atoms with Crippen LogP contribution in [0.1, 0.15) is 76.3 Å². The van der Waals surface area contributed by atoms with Crippen molar-refractivity contribution in [2.45, 2.75) is 97.0 Å². The summed E-state index contributed by atoms with van der Waals surface area (Å²) in [6.07, 6.45) is 6.28. The number of piperidine rings is 2. The van der Waals surface area contributed by atoms with Crippen molar-refractivity contribution >= 4 is 45.5 Å². The molecule has 10 nitrogen and oxygen atoms in total. The van der Waals surface area contributed by atoms with E-state index >= 15 is 0 Å². The first kappa shape index (κ1) is 45.8. The number of esters is 2. The van der Waals surface area contributed by atoms with Crippen molar-refractivity contribution in [3.8, 4) is 0 Å². The van der Waals surface area contributed by atoms with Gasteiger partial charge in [-0.05, 0) is 164 Å². The zero-order valence-corrected chi connectivity index (χ0v) is 37.4. The highest BCUT2D eigenvalue weighted by molar-refractivity contribution is 7.99. The predicted octanol–water partition coefficient (Wildman–Crippen LogP) is 8.55. The lowest BCUT2D eigenvalue weighted by Crippen LogP contribution is -2.46. The topological polar surface area (TPSA) is 112 Å². The number of hydrogen-bond donors (Lipinski definition) is 1. The number of aromatic nitrogens is 2. The summed E-state index contributed by atoms with van der Waals surface area (Å²) in [7, 11) is 0. The second-order valence-corrected chi connectivity index (χ2v) is 17.9. The van der Waals surface area contributed by atoms with Gasteiger partial charge in [-0.15, -0.1) is 11.8 Å². The Labute approximate surface area is 365 Å². The molecule has 2 fully saturated rings. The van der Waals surface area contributed by atoms with E-state index in [1.165, 1.54) is 4.90 Å². The van der Waals surface area contributed by atoms with Crippen LogP contribution in [-0.2, 0) is 32.2 Å². The number of aryl methyl sites for hydroxylation is 4. The van der Waals surface area contributed by atoms with Gasteiger partial charge in [0.1, 0.15) is 0 Å². The molecule has 0 bridgehead atoms. The third-order valence-electron chi connectivity index (χ3n) is 12.6. The number of carbonyl (C=O) groups is 2. The number of hydrogen-bond acceptors (Lipinski definition) is 9.